The highest BCUT2D eigenvalue weighted by Gasteiger charge is 2.20. The van der Waals surface area contributed by atoms with E-state index in [0.717, 1.165) is 35.7 Å². The Morgan fingerprint density at radius 2 is 2.00 bits per heavy atom. The number of benzene rings is 1. The predicted molar refractivity (Wildman–Crippen MR) is 84.1 cm³/mol. The molecule has 1 aromatic carbocycles. The Balaban J connectivity index is 1.75. The fourth-order valence-corrected chi connectivity index (χ4v) is 2.45. The molecule has 0 spiro atoms. The van der Waals surface area contributed by atoms with Crippen molar-refractivity contribution in [1.29, 1.82) is 0 Å². The van der Waals surface area contributed by atoms with Gasteiger partial charge in [-0.05, 0) is 37.8 Å². The number of aromatic nitrogens is 2. The highest BCUT2D eigenvalue weighted by molar-refractivity contribution is 5.89. The molecule has 2 N–H and O–H groups in total. The second-order valence-corrected chi connectivity index (χ2v) is 5.46. The number of hydrogen-bond acceptors (Lipinski definition) is 4. The lowest BCUT2D eigenvalue weighted by Gasteiger charge is -2.11. The van der Waals surface area contributed by atoms with Gasteiger partial charge >= 0.3 is 0 Å². The van der Waals surface area contributed by atoms with E-state index in [-0.39, 0.29) is 0 Å². The van der Waals surface area contributed by atoms with Crippen molar-refractivity contribution in [2.45, 2.75) is 32.6 Å². The van der Waals surface area contributed by atoms with Crippen molar-refractivity contribution in [3.8, 4) is 0 Å². The van der Waals surface area contributed by atoms with Gasteiger partial charge in [0, 0.05) is 18.5 Å². The Labute approximate surface area is 120 Å². The van der Waals surface area contributed by atoms with E-state index in [9.17, 15) is 0 Å². The molecule has 4 heteroatoms. The van der Waals surface area contributed by atoms with Gasteiger partial charge in [-0.3, -0.25) is 0 Å². The fraction of sp³-hybridized carbons (Fsp3) is 0.500. The summed E-state index contributed by atoms with van der Waals surface area (Å²) < 4.78 is 0. The number of nitrogens with one attached hydrogen (secondary N) is 2. The molecule has 4 nitrogen and oxygen atoms in total. The van der Waals surface area contributed by atoms with E-state index in [4.69, 9.17) is 0 Å². The molecule has 0 aliphatic heterocycles. The summed E-state index contributed by atoms with van der Waals surface area (Å²) in [7, 11) is 0. The second-order valence-electron chi connectivity index (χ2n) is 5.46. The summed E-state index contributed by atoms with van der Waals surface area (Å²) in [5.74, 6) is 2.65. The molecule has 0 amide bonds. The molecule has 3 rings (SSSR count). The van der Waals surface area contributed by atoms with Crippen LogP contribution in [0.4, 0.5) is 11.8 Å². The van der Waals surface area contributed by atoms with Crippen molar-refractivity contribution in [2.24, 2.45) is 5.92 Å². The van der Waals surface area contributed by atoms with Crippen LogP contribution in [0.25, 0.3) is 10.9 Å². The second kappa shape index (κ2) is 6.07. The number of nitrogens with zero attached hydrogens (tertiary/aromatic N) is 2. The zero-order valence-electron chi connectivity index (χ0n) is 12.0. The third kappa shape index (κ3) is 3.18. The van der Waals surface area contributed by atoms with Crippen LogP contribution in [0.2, 0.25) is 0 Å². The SMILES string of the molecule is CCNc1nc(NCCCC2CC2)c2ccccc2n1. The quantitative estimate of drug-likeness (QED) is 0.754. The molecule has 1 aromatic heterocycles. The van der Waals surface area contributed by atoms with E-state index >= 15 is 0 Å². The van der Waals surface area contributed by atoms with E-state index in [1.54, 1.807) is 0 Å². The topological polar surface area (TPSA) is 49.8 Å². The van der Waals surface area contributed by atoms with Crippen LogP contribution in [0.5, 0.6) is 0 Å². The van der Waals surface area contributed by atoms with E-state index < -0.39 is 0 Å². The summed E-state index contributed by atoms with van der Waals surface area (Å²) in [6.45, 7) is 3.88. The summed E-state index contributed by atoms with van der Waals surface area (Å²) in [5, 5.41) is 7.77. The first-order valence-electron chi connectivity index (χ1n) is 7.61. The van der Waals surface area contributed by atoms with E-state index in [1.807, 2.05) is 18.2 Å². The molecule has 0 saturated heterocycles. The first-order chi connectivity index (χ1) is 9.86. The molecule has 2 aromatic rings. The Kier molecular flexibility index (Phi) is 4.00. The zero-order chi connectivity index (χ0) is 13.8. The van der Waals surface area contributed by atoms with Gasteiger partial charge in [-0.25, -0.2) is 4.98 Å². The summed E-state index contributed by atoms with van der Waals surface area (Å²) in [4.78, 5) is 9.12. The van der Waals surface area contributed by atoms with Crippen LogP contribution in [0.3, 0.4) is 0 Å². The van der Waals surface area contributed by atoms with Gasteiger partial charge in [-0.15, -0.1) is 0 Å². The Bertz CT molecular complexity index is 578. The maximum atomic E-state index is 4.59. The lowest BCUT2D eigenvalue weighted by atomic mass is 10.2. The van der Waals surface area contributed by atoms with Crippen LogP contribution in [-0.4, -0.2) is 23.1 Å². The molecule has 1 aliphatic rings. The van der Waals surface area contributed by atoms with Crippen LogP contribution >= 0.6 is 0 Å². The van der Waals surface area contributed by atoms with Crippen molar-refractivity contribution >= 4 is 22.7 Å². The number of rotatable bonds is 7. The Morgan fingerprint density at radius 1 is 1.15 bits per heavy atom. The number of fused-ring (bicyclic) bond motifs is 1. The van der Waals surface area contributed by atoms with E-state index in [1.165, 1.54) is 25.7 Å². The third-order valence-corrected chi connectivity index (χ3v) is 3.72. The smallest absolute Gasteiger partial charge is 0.225 e. The van der Waals surface area contributed by atoms with Gasteiger partial charge in [0.1, 0.15) is 5.82 Å². The molecule has 0 bridgehead atoms. The molecule has 1 saturated carbocycles. The molecule has 0 unspecified atom stereocenters. The Morgan fingerprint density at radius 3 is 2.80 bits per heavy atom. The zero-order valence-corrected chi connectivity index (χ0v) is 12.0. The van der Waals surface area contributed by atoms with Gasteiger partial charge in [0.25, 0.3) is 0 Å². The van der Waals surface area contributed by atoms with E-state index in [0.29, 0.717) is 5.95 Å². The number of hydrogen-bond donors (Lipinski definition) is 2. The van der Waals surface area contributed by atoms with Crippen LogP contribution in [0, 0.1) is 5.92 Å². The predicted octanol–water partition coefficient (Wildman–Crippen LogP) is 3.66. The van der Waals surface area contributed by atoms with Crippen LogP contribution < -0.4 is 10.6 Å². The monoisotopic (exact) mass is 270 g/mol. The van der Waals surface area contributed by atoms with Gasteiger partial charge in [0.2, 0.25) is 5.95 Å². The van der Waals surface area contributed by atoms with Gasteiger partial charge in [-0.1, -0.05) is 25.0 Å². The largest absolute Gasteiger partial charge is 0.369 e. The molecule has 20 heavy (non-hydrogen) atoms. The molecule has 0 atom stereocenters. The summed E-state index contributed by atoms with van der Waals surface area (Å²) in [5.41, 5.74) is 0.989. The minimum atomic E-state index is 0.705. The summed E-state index contributed by atoms with van der Waals surface area (Å²) in [6, 6.07) is 8.16. The third-order valence-electron chi connectivity index (χ3n) is 3.72. The van der Waals surface area contributed by atoms with Crippen LogP contribution in [0.1, 0.15) is 32.6 Å². The lowest BCUT2D eigenvalue weighted by molar-refractivity contribution is 0.687. The lowest BCUT2D eigenvalue weighted by Crippen LogP contribution is -2.08. The first-order valence-corrected chi connectivity index (χ1v) is 7.61. The molecule has 106 valence electrons. The maximum absolute atomic E-state index is 4.59. The van der Waals surface area contributed by atoms with Crippen LogP contribution in [0.15, 0.2) is 24.3 Å². The summed E-state index contributed by atoms with van der Waals surface area (Å²) >= 11 is 0. The molecule has 1 fully saturated rings. The minimum Gasteiger partial charge on any atom is -0.369 e. The highest BCUT2D eigenvalue weighted by Crippen LogP contribution is 2.33. The van der Waals surface area contributed by atoms with E-state index in [2.05, 4.69) is 33.6 Å². The molecular formula is C16H22N4. The standard InChI is InChI=1S/C16H22N4/c1-2-17-16-19-14-8-4-3-7-13(14)15(20-16)18-11-5-6-12-9-10-12/h3-4,7-8,12H,2,5-6,9-11H2,1H3,(H2,17,18,19,20). The average Bonchev–Trinajstić information content (AvgIpc) is 3.28. The summed E-state index contributed by atoms with van der Waals surface area (Å²) in [6.07, 6.45) is 5.43. The van der Waals surface area contributed by atoms with Crippen molar-refractivity contribution in [1.82, 2.24) is 9.97 Å². The van der Waals surface area contributed by atoms with Crippen molar-refractivity contribution in [2.75, 3.05) is 23.7 Å². The van der Waals surface area contributed by atoms with Gasteiger partial charge in [0.15, 0.2) is 0 Å². The van der Waals surface area contributed by atoms with Crippen molar-refractivity contribution < 1.29 is 0 Å². The van der Waals surface area contributed by atoms with Crippen LogP contribution in [-0.2, 0) is 0 Å². The molecule has 0 radical (unpaired) electrons. The van der Waals surface area contributed by atoms with Gasteiger partial charge in [-0.2, -0.15) is 4.98 Å². The molecule has 1 aliphatic carbocycles. The first kappa shape index (κ1) is 13.2. The number of para-hydroxylation sites is 1. The maximum Gasteiger partial charge on any atom is 0.225 e. The minimum absolute atomic E-state index is 0.705. The highest BCUT2D eigenvalue weighted by atomic mass is 15.1. The van der Waals surface area contributed by atoms with Gasteiger partial charge in [0.05, 0.1) is 5.52 Å². The Hall–Kier alpha value is -1.84. The van der Waals surface area contributed by atoms with Crippen molar-refractivity contribution in [3.05, 3.63) is 24.3 Å². The molecule has 1 heterocycles. The average molecular weight is 270 g/mol. The normalized spacial score (nSPS) is 14.4. The number of anilines is 2. The molecular weight excluding hydrogens is 248 g/mol. The van der Waals surface area contributed by atoms with Crippen molar-refractivity contribution in [3.63, 3.8) is 0 Å². The fourth-order valence-electron chi connectivity index (χ4n) is 2.45. The van der Waals surface area contributed by atoms with Gasteiger partial charge < -0.3 is 10.6 Å².